The Balaban J connectivity index is 1.44. The molecule has 0 unspecified atom stereocenters. The Morgan fingerprint density at radius 2 is 1.15 bits per heavy atom. The summed E-state index contributed by atoms with van der Waals surface area (Å²) in [7, 11) is 0. The van der Waals surface area contributed by atoms with Gasteiger partial charge in [0.25, 0.3) is 0 Å². The average Bonchev–Trinajstić information content (AvgIpc) is 3.19. The number of nitrogens with one attached hydrogen (secondary N) is 1. The van der Waals surface area contributed by atoms with Crippen LogP contribution >= 0.6 is 0 Å². The van der Waals surface area contributed by atoms with E-state index in [0.717, 1.165) is 44.3 Å². The van der Waals surface area contributed by atoms with Crippen molar-refractivity contribution in [2.24, 2.45) is 0 Å². The van der Waals surface area contributed by atoms with Crippen LogP contribution in [0.2, 0.25) is 0 Å². The van der Waals surface area contributed by atoms with Crippen LogP contribution in [0.3, 0.4) is 0 Å². The van der Waals surface area contributed by atoms with Crippen molar-refractivity contribution < 1.29 is 4.39 Å². The highest BCUT2D eigenvalue weighted by Crippen LogP contribution is 2.35. The van der Waals surface area contributed by atoms with Gasteiger partial charge in [-0.25, -0.2) is 4.39 Å². The largest absolute Gasteiger partial charge is 0.356 e. The molecule has 0 atom stereocenters. The third kappa shape index (κ3) is 3.44. The third-order valence-corrected chi connectivity index (χ3v) is 6.05. The second kappa shape index (κ2) is 7.95. The quantitative estimate of drug-likeness (QED) is 0.299. The molecule has 33 heavy (non-hydrogen) atoms. The van der Waals surface area contributed by atoms with E-state index in [0.29, 0.717) is 5.69 Å². The fourth-order valence-corrected chi connectivity index (χ4v) is 4.48. The Morgan fingerprint density at radius 3 is 1.97 bits per heavy atom. The van der Waals surface area contributed by atoms with E-state index in [9.17, 15) is 4.39 Å². The molecule has 0 bridgehead atoms. The third-order valence-electron chi connectivity index (χ3n) is 6.05. The van der Waals surface area contributed by atoms with E-state index in [4.69, 9.17) is 0 Å². The topological polar surface area (TPSA) is 17.0 Å². The number of aromatic nitrogens is 1. The summed E-state index contributed by atoms with van der Waals surface area (Å²) in [6.45, 7) is 0. The highest BCUT2D eigenvalue weighted by Gasteiger charge is 2.15. The second-order valence-corrected chi connectivity index (χ2v) is 8.10. The first-order valence-corrected chi connectivity index (χ1v) is 11.0. The predicted octanol–water partition coefficient (Wildman–Crippen LogP) is 8.33. The summed E-state index contributed by atoms with van der Waals surface area (Å²) in [6, 6.07) is 40.1. The number of hydrogen-bond donors (Lipinski definition) is 1. The number of hydrogen-bond acceptors (Lipinski definition) is 1. The lowest BCUT2D eigenvalue weighted by molar-refractivity contribution is 0.621. The van der Waals surface area contributed by atoms with E-state index in [-0.39, 0.29) is 5.82 Å². The number of halogens is 1. The van der Waals surface area contributed by atoms with Crippen LogP contribution in [-0.2, 0) is 0 Å². The molecule has 3 heteroatoms. The van der Waals surface area contributed by atoms with Crippen molar-refractivity contribution in [1.82, 2.24) is 4.57 Å². The zero-order valence-corrected chi connectivity index (χ0v) is 17.9. The lowest BCUT2D eigenvalue weighted by Crippen LogP contribution is -1.96. The van der Waals surface area contributed by atoms with Crippen LogP contribution in [0, 0.1) is 5.82 Å². The smallest absolute Gasteiger partial charge is 0.147 e. The van der Waals surface area contributed by atoms with Crippen molar-refractivity contribution in [2.75, 3.05) is 5.32 Å². The molecule has 0 fully saturated rings. The molecule has 0 saturated heterocycles. The highest BCUT2D eigenvalue weighted by atomic mass is 19.1. The molecule has 0 spiro atoms. The Kier molecular flexibility index (Phi) is 4.66. The van der Waals surface area contributed by atoms with Gasteiger partial charge in [0.05, 0.1) is 16.7 Å². The van der Waals surface area contributed by atoms with Crippen LogP contribution in [0.25, 0.3) is 38.6 Å². The molecule has 0 aliphatic rings. The summed E-state index contributed by atoms with van der Waals surface area (Å²) in [5.74, 6) is -0.231. The molecule has 1 heterocycles. The molecule has 0 aliphatic heterocycles. The molecule has 0 saturated carbocycles. The summed E-state index contributed by atoms with van der Waals surface area (Å²) < 4.78 is 16.7. The lowest BCUT2D eigenvalue weighted by atomic mass is 10.0. The van der Waals surface area contributed by atoms with Crippen LogP contribution in [0.5, 0.6) is 0 Å². The molecule has 6 aromatic rings. The number of nitrogens with zero attached hydrogens (tertiary/aromatic N) is 1. The number of benzene rings is 5. The van der Waals surface area contributed by atoms with Crippen LogP contribution in [0.15, 0.2) is 121 Å². The summed E-state index contributed by atoms with van der Waals surface area (Å²) in [6.07, 6.45) is 0. The average molecular weight is 429 g/mol. The maximum absolute atomic E-state index is 14.7. The van der Waals surface area contributed by atoms with Crippen molar-refractivity contribution in [2.45, 2.75) is 0 Å². The van der Waals surface area contributed by atoms with Crippen LogP contribution in [0.1, 0.15) is 0 Å². The van der Waals surface area contributed by atoms with Crippen LogP contribution in [-0.4, -0.2) is 4.57 Å². The zero-order valence-electron chi connectivity index (χ0n) is 17.9. The van der Waals surface area contributed by atoms with Gasteiger partial charge in [-0.05, 0) is 65.7 Å². The SMILES string of the molecule is Fc1ccccc1-n1c2ccccc2c2cc(-c3ccc(Nc4ccccc4)cc3)ccc21. The monoisotopic (exact) mass is 428 g/mol. The van der Waals surface area contributed by atoms with Gasteiger partial charge >= 0.3 is 0 Å². The van der Waals surface area contributed by atoms with E-state index in [1.165, 1.54) is 6.07 Å². The van der Waals surface area contributed by atoms with Gasteiger partial charge in [-0.1, -0.05) is 66.7 Å². The number of fused-ring (bicyclic) bond motifs is 3. The Morgan fingerprint density at radius 1 is 0.515 bits per heavy atom. The Labute approximate surface area is 191 Å². The fraction of sp³-hybridized carbons (Fsp3) is 0. The molecular formula is C30H21FN2. The van der Waals surface area contributed by atoms with Gasteiger partial charge in [-0.3, -0.25) is 0 Å². The normalized spacial score (nSPS) is 11.2. The Bertz CT molecular complexity index is 1580. The van der Waals surface area contributed by atoms with Crippen molar-refractivity contribution in [3.05, 3.63) is 127 Å². The standard InChI is InChI=1S/C30H21FN2/c31-27-11-5-7-13-30(27)33-28-12-6-4-10-25(28)26-20-22(16-19-29(26)33)21-14-17-24(18-15-21)32-23-8-2-1-3-9-23/h1-20,32H. The first-order chi connectivity index (χ1) is 16.3. The van der Waals surface area contributed by atoms with E-state index in [1.54, 1.807) is 6.07 Å². The summed E-state index contributed by atoms with van der Waals surface area (Å²) in [5.41, 5.74) is 6.93. The zero-order chi connectivity index (χ0) is 22.2. The minimum absolute atomic E-state index is 0.231. The van der Waals surface area contributed by atoms with Gasteiger partial charge in [0.1, 0.15) is 5.82 Å². The molecule has 0 radical (unpaired) electrons. The van der Waals surface area contributed by atoms with E-state index < -0.39 is 0 Å². The predicted molar refractivity (Wildman–Crippen MR) is 136 cm³/mol. The highest BCUT2D eigenvalue weighted by molar-refractivity contribution is 6.10. The molecular weight excluding hydrogens is 407 g/mol. The van der Waals surface area contributed by atoms with E-state index in [2.05, 4.69) is 53.8 Å². The van der Waals surface area contributed by atoms with Gasteiger partial charge in [0.15, 0.2) is 0 Å². The van der Waals surface area contributed by atoms with Crippen molar-refractivity contribution in [1.29, 1.82) is 0 Å². The van der Waals surface area contributed by atoms with Gasteiger partial charge in [-0.15, -0.1) is 0 Å². The van der Waals surface area contributed by atoms with Gasteiger partial charge in [0.2, 0.25) is 0 Å². The van der Waals surface area contributed by atoms with Gasteiger partial charge in [0, 0.05) is 22.1 Å². The summed E-state index contributed by atoms with van der Waals surface area (Å²) in [4.78, 5) is 0. The van der Waals surface area contributed by atoms with Crippen LogP contribution in [0.4, 0.5) is 15.8 Å². The van der Waals surface area contributed by atoms with Gasteiger partial charge in [-0.2, -0.15) is 0 Å². The molecule has 6 rings (SSSR count). The lowest BCUT2D eigenvalue weighted by Gasteiger charge is -2.10. The van der Waals surface area contributed by atoms with Crippen molar-refractivity contribution in [3.63, 3.8) is 0 Å². The molecule has 5 aromatic carbocycles. The Hall–Kier alpha value is -4.37. The van der Waals surface area contributed by atoms with E-state index >= 15 is 0 Å². The van der Waals surface area contributed by atoms with E-state index in [1.807, 2.05) is 65.2 Å². The number of anilines is 2. The first kappa shape index (κ1) is 19.3. The molecule has 0 aliphatic carbocycles. The molecule has 2 nitrogen and oxygen atoms in total. The summed E-state index contributed by atoms with van der Waals surface area (Å²) >= 11 is 0. The fourth-order valence-electron chi connectivity index (χ4n) is 4.48. The van der Waals surface area contributed by atoms with Crippen molar-refractivity contribution in [3.8, 4) is 16.8 Å². The maximum atomic E-state index is 14.7. The van der Waals surface area contributed by atoms with Crippen LogP contribution < -0.4 is 5.32 Å². The van der Waals surface area contributed by atoms with Gasteiger partial charge < -0.3 is 9.88 Å². The molecule has 1 N–H and O–H groups in total. The number of para-hydroxylation sites is 3. The number of rotatable bonds is 4. The summed E-state index contributed by atoms with van der Waals surface area (Å²) in [5, 5.41) is 5.64. The van der Waals surface area contributed by atoms with Crippen molar-refractivity contribution >= 4 is 33.2 Å². The maximum Gasteiger partial charge on any atom is 0.147 e. The molecule has 158 valence electrons. The first-order valence-electron chi connectivity index (χ1n) is 11.0. The second-order valence-electron chi connectivity index (χ2n) is 8.10. The minimum atomic E-state index is -0.231. The minimum Gasteiger partial charge on any atom is -0.356 e. The molecule has 0 amide bonds. The molecule has 1 aromatic heterocycles.